The van der Waals surface area contributed by atoms with E-state index in [1.165, 1.54) is 58.4 Å². The lowest BCUT2D eigenvalue weighted by Crippen LogP contribution is -2.42. The number of piperidine rings is 2. The van der Waals surface area contributed by atoms with Crippen LogP contribution in [-0.2, 0) is 4.74 Å². The van der Waals surface area contributed by atoms with Gasteiger partial charge >= 0.3 is 0 Å². The molecule has 2 rings (SSSR count). The Balaban J connectivity index is 1.64. The Labute approximate surface area is 106 Å². The first-order valence-electron chi connectivity index (χ1n) is 7.32. The van der Waals surface area contributed by atoms with E-state index in [0.717, 1.165) is 5.92 Å². The molecule has 2 saturated heterocycles. The molecular formula is C14H28N2O. The molecule has 0 unspecified atom stereocenters. The third kappa shape index (κ3) is 4.57. The van der Waals surface area contributed by atoms with Gasteiger partial charge in [-0.1, -0.05) is 0 Å². The molecule has 3 nitrogen and oxygen atoms in total. The fraction of sp³-hybridized carbons (Fsp3) is 1.00. The number of ether oxygens (including phenoxy) is 1. The summed E-state index contributed by atoms with van der Waals surface area (Å²) in [6.45, 7) is 10.5. The van der Waals surface area contributed by atoms with Crippen LogP contribution in [0.1, 0.15) is 39.5 Å². The monoisotopic (exact) mass is 240 g/mol. The van der Waals surface area contributed by atoms with E-state index in [2.05, 4.69) is 24.1 Å². The van der Waals surface area contributed by atoms with Crippen molar-refractivity contribution >= 4 is 0 Å². The summed E-state index contributed by atoms with van der Waals surface area (Å²) >= 11 is 0. The first kappa shape index (κ1) is 13.3. The van der Waals surface area contributed by atoms with E-state index in [9.17, 15) is 0 Å². The largest absolute Gasteiger partial charge is 0.375 e. The van der Waals surface area contributed by atoms with Crippen molar-refractivity contribution < 1.29 is 4.74 Å². The van der Waals surface area contributed by atoms with Gasteiger partial charge in [0.05, 0.1) is 12.2 Å². The molecule has 2 aliphatic rings. The second-order valence-corrected chi connectivity index (χ2v) is 5.88. The molecule has 1 N–H and O–H groups in total. The summed E-state index contributed by atoms with van der Waals surface area (Å²) in [6.07, 6.45) is 6.08. The topological polar surface area (TPSA) is 24.5 Å². The smallest absolute Gasteiger partial charge is 0.0603 e. The molecule has 0 aromatic rings. The fourth-order valence-electron chi connectivity index (χ4n) is 3.04. The van der Waals surface area contributed by atoms with Crippen LogP contribution in [0.5, 0.6) is 0 Å². The highest BCUT2D eigenvalue weighted by Gasteiger charge is 2.23. The summed E-state index contributed by atoms with van der Waals surface area (Å²) in [5, 5.41) is 3.44. The van der Waals surface area contributed by atoms with Crippen molar-refractivity contribution in [3.05, 3.63) is 0 Å². The molecule has 0 aromatic carbocycles. The minimum atomic E-state index is 0.385. The van der Waals surface area contributed by atoms with Crippen molar-refractivity contribution in [3.8, 4) is 0 Å². The van der Waals surface area contributed by atoms with Crippen molar-refractivity contribution in [1.29, 1.82) is 0 Å². The van der Waals surface area contributed by atoms with E-state index in [4.69, 9.17) is 4.74 Å². The Morgan fingerprint density at radius 1 is 1.12 bits per heavy atom. The Hall–Kier alpha value is -0.120. The number of hydrogen-bond acceptors (Lipinski definition) is 3. The van der Waals surface area contributed by atoms with Crippen LogP contribution in [0, 0.1) is 5.92 Å². The van der Waals surface area contributed by atoms with Gasteiger partial charge in [-0.05, 0) is 58.5 Å². The molecule has 2 fully saturated rings. The first-order chi connectivity index (χ1) is 8.24. The SMILES string of the molecule is CC(C)OC1CCN(CC2CCNCC2)CC1. The summed E-state index contributed by atoms with van der Waals surface area (Å²) in [6, 6.07) is 0. The molecule has 2 heterocycles. The maximum atomic E-state index is 5.89. The molecule has 0 aromatic heterocycles. The van der Waals surface area contributed by atoms with Crippen LogP contribution >= 0.6 is 0 Å². The van der Waals surface area contributed by atoms with Gasteiger partial charge in [-0.2, -0.15) is 0 Å². The molecule has 0 radical (unpaired) electrons. The van der Waals surface area contributed by atoms with Crippen LogP contribution in [0.4, 0.5) is 0 Å². The summed E-state index contributed by atoms with van der Waals surface area (Å²) in [7, 11) is 0. The highest BCUT2D eigenvalue weighted by Crippen LogP contribution is 2.19. The highest BCUT2D eigenvalue weighted by atomic mass is 16.5. The van der Waals surface area contributed by atoms with E-state index < -0.39 is 0 Å². The standard InChI is InChI=1S/C14H28N2O/c1-12(2)17-14-5-9-16(10-6-14)11-13-3-7-15-8-4-13/h12-15H,3-11H2,1-2H3. The lowest BCUT2D eigenvalue weighted by atomic mass is 9.96. The molecular weight excluding hydrogens is 212 g/mol. The summed E-state index contributed by atoms with van der Waals surface area (Å²) < 4.78 is 5.89. The maximum Gasteiger partial charge on any atom is 0.0603 e. The van der Waals surface area contributed by atoms with Crippen molar-refractivity contribution in [2.45, 2.75) is 51.7 Å². The Morgan fingerprint density at radius 3 is 2.35 bits per heavy atom. The quantitative estimate of drug-likeness (QED) is 0.812. The van der Waals surface area contributed by atoms with Gasteiger partial charge in [0.1, 0.15) is 0 Å². The van der Waals surface area contributed by atoms with Crippen LogP contribution < -0.4 is 5.32 Å². The van der Waals surface area contributed by atoms with Crippen LogP contribution in [0.25, 0.3) is 0 Å². The number of nitrogens with zero attached hydrogens (tertiary/aromatic N) is 1. The Morgan fingerprint density at radius 2 is 1.76 bits per heavy atom. The lowest BCUT2D eigenvalue weighted by molar-refractivity contribution is -0.0291. The molecule has 0 aliphatic carbocycles. The number of rotatable bonds is 4. The second-order valence-electron chi connectivity index (χ2n) is 5.88. The normalized spacial score (nSPS) is 25.6. The number of likely N-dealkylation sites (tertiary alicyclic amines) is 1. The predicted octanol–water partition coefficient (Wildman–Crippen LogP) is 1.88. The van der Waals surface area contributed by atoms with Crippen molar-refractivity contribution in [1.82, 2.24) is 10.2 Å². The van der Waals surface area contributed by atoms with Gasteiger partial charge in [0, 0.05) is 19.6 Å². The minimum absolute atomic E-state index is 0.385. The summed E-state index contributed by atoms with van der Waals surface area (Å²) in [5.41, 5.74) is 0. The van der Waals surface area contributed by atoms with Crippen LogP contribution in [0.2, 0.25) is 0 Å². The molecule has 0 bridgehead atoms. The molecule has 3 heteroatoms. The van der Waals surface area contributed by atoms with Crippen LogP contribution in [0.15, 0.2) is 0 Å². The first-order valence-corrected chi connectivity index (χ1v) is 7.32. The highest BCUT2D eigenvalue weighted by molar-refractivity contribution is 4.77. The number of nitrogens with one attached hydrogen (secondary N) is 1. The molecule has 2 aliphatic heterocycles. The molecule has 0 spiro atoms. The average molecular weight is 240 g/mol. The third-order valence-electron chi connectivity index (χ3n) is 3.97. The van der Waals surface area contributed by atoms with Gasteiger partial charge in [-0.15, -0.1) is 0 Å². The van der Waals surface area contributed by atoms with Crippen molar-refractivity contribution in [3.63, 3.8) is 0 Å². The molecule has 0 saturated carbocycles. The van der Waals surface area contributed by atoms with E-state index in [0.29, 0.717) is 12.2 Å². The zero-order valence-electron chi connectivity index (χ0n) is 11.5. The zero-order chi connectivity index (χ0) is 12.1. The fourth-order valence-corrected chi connectivity index (χ4v) is 3.04. The van der Waals surface area contributed by atoms with Gasteiger partial charge < -0.3 is 15.0 Å². The van der Waals surface area contributed by atoms with Gasteiger partial charge in [0.2, 0.25) is 0 Å². The minimum Gasteiger partial charge on any atom is -0.375 e. The van der Waals surface area contributed by atoms with Crippen molar-refractivity contribution in [2.75, 3.05) is 32.7 Å². The van der Waals surface area contributed by atoms with Crippen LogP contribution in [-0.4, -0.2) is 49.8 Å². The summed E-state index contributed by atoms with van der Waals surface area (Å²) in [5.74, 6) is 0.929. The van der Waals surface area contributed by atoms with Gasteiger partial charge in [-0.3, -0.25) is 0 Å². The lowest BCUT2D eigenvalue weighted by Gasteiger charge is -2.35. The van der Waals surface area contributed by atoms with E-state index >= 15 is 0 Å². The molecule has 0 amide bonds. The summed E-state index contributed by atoms with van der Waals surface area (Å²) in [4.78, 5) is 2.65. The molecule has 100 valence electrons. The molecule has 0 atom stereocenters. The maximum absolute atomic E-state index is 5.89. The Bertz CT molecular complexity index is 206. The average Bonchev–Trinajstić information content (AvgIpc) is 2.32. The third-order valence-corrected chi connectivity index (χ3v) is 3.97. The second kappa shape index (κ2) is 6.72. The van der Waals surface area contributed by atoms with E-state index in [1.54, 1.807) is 0 Å². The van der Waals surface area contributed by atoms with E-state index in [1.807, 2.05) is 0 Å². The van der Waals surface area contributed by atoms with Crippen LogP contribution in [0.3, 0.4) is 0 Å². The van der Waals surface area contributed by atoms with Gasteiger partial charge in [0.15, 0.2) is 0 Å². The van der Waals surface area contributed by atoms with Crippen molar-refractivity contribution in [2.24, 2.45) is 5.92 Å². The molecule has 17 heavy (non-hydrogen) atoms. The Kier molecular flexibility index (Phi) is 5.26. The number of hydrogen-bond donors (Lipinski definition) is 1. The van der Waals surface area contributed by atoms with Gasteiger partial charge in [-0.25, -0.2) is 0 Å². The predicted molar refractivity (Wildman–Crippen MR) is 71.3 cm³/mol. The zero-order valence-corrected chi connectivity index (χ0v) is 11.5. The van der Waals surface area contributed by atoms with Gasteiger partial charge in [0.25, 0.3) is 0 Å². The van der Waals surface area contributed by atoms with E-state index in [-0.39, 0.29) is 0 Å².